The lowest BCUT2D eigenvalue weighted by Crippen LogP contribution is -2.31. The number of rotatable bonds is 11. The molecule has 0 bridgehead atoms. The molecule has 1 N–H and O–H groups in total. The van der Waals surface area contributed by atoms with Crippen LogP contribution in [0.15, 0.2) is 54.6 Å². The quantitative estimate of drug-likeness (QED) is 0.160. The number of Topliss-reactive ketones (excluding diaryl/α,β-unsaturated/α-hetero) is 1. The largest absolute Gasteiger partial charge is 0.507 e. The summed E-state index contributed by atoms with van der Waals surface area (Å²) in [5.41, 5.74) is 0.937. The van der Waals surface area contributed by atoms with Crippen molar-refractivity contribution in [3.8, 4) is 23.0 Å². The fourth-order valence-electron chi connectivity index (χ4n) is 4.41. The Hall–Kier alpha value is -3.98. The predicted molar refractivity (Wildman–Crippen MR) is 136 cm³/mol. The smallest absolute Gasteiger partial charge is 0.295 e. The Bertz CT molecular complexity index is 1200. The average molecular weight is 510 g/mol. The number of benzene rings is 2. The molecule has 2 aromatic rings. The first-order chi connectivity index (χ1) is 18.0. The Kier molecular flexibility index (Phi) is 8.35. The summed E-state index contributed by atoms with van der Waals surface area (Å²) in [6, 6.07) is 9.30. The van der Waals surface area contributed by atoms with Crippen LogP contribution in [0.1, 0.15) is 30.5 Å². The maximum atomic E-state index is 13.3. The fraction of sp³-hybridized carbons (Fsp3) is 0.357. The molecule has 0 aromatic heterocycles. The Morgan fingerprint density at radius 3 is 2.62 bits per heavy atom. The van der Waals surface area contributed by atoms with Crippen molar-refractivity contribution in [2.24, 2.45) is 0 Å². The number of ketones is 1. The van der Waals surface area contributed by atoms with Gasteiger partial charge >= 0.3 is 0 Å². The van der Waals surface area contributed by atoms with Gasteiger partial charge in [-0.05, 0) is 49.2 Å². The number of nitrogens with zero attached hydrogens (tertiary/aromatic N) is 1. The van der Waals surface area contributed by atoms with E-state index in [0.717, 1.165) is 0 Å². The van der Waals surface area contributed by atoms with Crippen LogP contribution in [0.3, 0.4) is 0 Å². The van der Waals surface area contributed by atoms with Crippen LogP contribution >= 0.6 is 0 Å². The van der Waals surface area contributed by atoms with E-state index in [1.807, 2.05) is 6.92 Å². The molecule has 2 aliphatic heterocycles. The minimum atomic E-state index is -0.835. The molecular weight excluding hydrogens is 478 g/mol. The normalized spacial score (nSPS) is 18.1. The number of amides is 1. The number of hydrogen-bond acceptors (Lipinski definition) is 8. The summed E-state index contributed by atoms with van der Waals surface area (Å²) < 4.78 is 27.8. The van der Waals surface area contributed by atoms with E-state index in [9.17, 15) is 14.7 Å². The van der Waals surface area contributed by atoms with Crippen molar-refractivity contribution in [1.82, 2.24) is 4.90 Å². The summed E-state index contributed by atoms with van der Waals surface area (Å²) >= 11 is 0. The zero-order chi connectivity index (χ0) is 26.4. The van der Waals surface area contributed by atoms with Gasteiger partial charge < -0.3 is 33.7 Å². The van der Waals surface area contributed by atoms with Crippen molar-refractivity contribution < 1.29 is 38.4 Å². The second kappa shape index (κ2) is 11.8. The third kappa shape index (κ3) is 5.41. The van der Waals surface area contributed by atoms with E-state index in [2.05, 4.69) is 6.58 Å². The van der Waals surface area contributed by atoms with Crippen molar-refractivity contribution in [3.63, 3.8) is 0 Å². The van der Waals surface area contributed by atoms with Crippen LogP contribution < -0.4 is 18.9 Å². The van der Waals surface area contributed by atoms with E-state index in [0.29, 0.717) is 73.6 Å². The summed E-state index contributed by atoms with van der Waals surface area (Å²) in [6.45, 7) is 7.68. The summed E-state index contributed by atoms with van der Waals surface area (Å²) in [5.74, 6) is 0.237. The highest BCUT2D eigenvalue weighted by molar-refractivity contribution is 6.46. The fourth-order valence-corrected chi connectivity index (χ4v) is 4.41. The molecule has 4 rings (SSSR count). The maximum Gasteiger partial charge on any atom is 0.295 e. The van der Waals surface area contributed by atoms with Crippen LogP contribution in [-0.2, 0) is 14.3 Å². The third-order valence-corrected chi connectivity index (χ3v) is 6.04. The number of methoxy groups -OCH3 is 1. The molecule has 9 nitrogen and oxygen atoms in total. The number of ether oxygens (including phenoxy) is 5. The van der Waals surface area contributed by atoms with E-state index < -0.39 is 17.7 Å². The topological polar surface area (TPSA) is 104 Å². The minimum Gasteiger partial charge on any atom is -0.507 e. The van der Waals surface area contributed by atoms with Crippen LogP contribution in [0.2, 0.25) is 0 Å². The van der Waals surface area contributed by atoms with Crippen molar-refractivity contribution in [3.05, 3.63) is 65.8 Å². The number of carbonyl (C=O) groups excluding carboxylic acids is 2. The molecule has 1 fully saturated rings. The SMILES string of the molecule is C=CCOc1ccc([C@H]2C(=C(O)c3ccc4c(c3)OCCO4)C(=O)C(=O)N2CCCOC)cc1OCC. The Labute approximate surface area is 215 Å². The Morgan fingerprint density at radius 1 is 1.11 bits per heavy atom. The predicted octanol–water partition coefficient (Wildman–Crippen LogP) is 3.88. The Balaban J connectivity index is 1.82. The van der Waals surface area contributed by atoms with Gasteiger partial charge in [-0.25, -0.2) is 0 Å². The van der Waals surface area contributed by atoms with Crippen molar-refractivity contribution in [1.29, 1.82) is 0 Å². The second-order valence-electron chi connectivity index (χ2n) is 8.44. The van der Waals surface area contributed by atoms with E-state index in [4.69, 9.17) is 23.7 Å². The second-order valence-corrected chi connectivity index (χ2v) is 8.44. The van der Waals surface area contributed by atoms with E-state index in [-0.39, 0.29) is 17.9 Å². The summed E-state index contributed by atoms with van der Waals surface area (Å²) in [7, 11) is 1.57. The summed E-state index contributed by atoms with van der Waals surface area (Å²) in [5, 5.41) is 11.4. The number of fused-ring (bicyclic) bond motifs is 1. The van der Waals surface area contributed by atoms with Gasteiger partial charge in [-0.2, -0.15) is 0 Å². The van der Waals surface area contributed by atoms with Gasteiger partial charge in [0.15, 0.2) is 23.0 Å². The lowest BCUT2D eigenvalue weighted by atomic mass is 9.94. The van der Waals surface area contributed by atoms with Gasteiger partial charge in [0, 0.05) is 25.8 Å². The molecule has 2 heterocycles. The third-order valence-electron chi connectivity index (χ3n) is 6.04. The van der Waals surface area contributed by atoms with Gasteiger partial charge in [0.05, 0.1) is 18.2 Å². The van der Waals surface area contributed by atoms with E-state index in [1.54, 1.807) is 49.6 Å². The maximum absolute atomic E-state index is 13.3. The summed E-state index contributed by atoms with van der Waals surface area (Å²) in [4.78, 5) is 27.9. The van der Waals surface area contributed by atoms with Crippen molar-refractivity contribution in [2.75, 3.05) is 46.7 Å². The Morgan fingerprint density at radius 2 is 1.89 bits per heavy atom. The van der Waals surface area contributed by atoms with Gasteiger partial charge in [-0.15, -0.1) is 0 Å². The van der Waals surface area contributed by atoms with Gasteiger partial charge in [-0.3, -0.25) is 9.59 Å². The number of hydrogen-bond donors (Lipinski definition) is 1. The molecule has 0 spiro atoms. The molecule has 0 aliphatic carbocycles. The molecule has 37 heavy (non-hydrogen) atoms. The first-order valence-corrected chi connectivity index (χ1v) is 12.2. The first-order valence-electron chi connectivity index (χ1n) is 12.2. The first kappa shape index (κ1) is 26.1. The number of aliphatic hydroxyl groups excluding tert-OH is 1. The van der Waals surface area contributed by atoms with Gasteiger partial charge in [-0.1, -0.05) is 18.7 Å². The van der Waals surface area contributed by atoms with Gasteiger partial charge in [0.25, 0.3) is 11.7 Å². The lowest BCUT2D eigenvalue weighted by molar-refractivity contribution is -0.140. The average Bonchev–Trinajstić information content (AvgIpc) is 3.17. The monoisotopic (exact) mass is 509 g/mol. The number of aliphatic hydroxyl groups is 1. The van der Waals surface area contributed by atoms with Crippen LogP contribution in [0.25, 0.3) is 5.76 Å². The molecule has 0 radical (unpaired) electrons. The van der Waals surface area contributed by atoms with Crippen LogP contribution in [0, 0.1) is 0 Å². The molecule has 2 aliphatic rings. The van der Waals surface area contributed by atoms with Crippen LogP contribution in [-0.4, -0.2) is 68.4 Å². The molecular formula is C28H31NO8. The van der Waals surface area contributed by atoms with Gasteiger partial charge in [0.2, 0.25) is 0 Å². The zero-order valence-electron chi connectivity index (χ0n) is 21.0. The number of carbonyl (C=O) groups is 2. The molecule has 1 saturated heterocycles. The highest BCUT2D eigenvalue weighted by atomic mass is 16.6. The number of likely N-dealkylation sites (tertiary alicyclic amines) is 1. The molecule has 9 heteroatoms. The van der Waals surface area contributed by atoms with Crippen LogP contribution in [0.4, 0.5) is 0 Å². The minimum absolute atomic E-state index is 0.0127. The molecule has 1 amide bonds. The van der Waals surface area contributed by atoms with Gasteiger partial charge in [0.1, 0.15) is 25.6 Å². The molecule has 2 aromatic carbocycles. The molecule has 0 saturated carbocycles. The van der Waals surface area contributed by atoms with Crippen molar-refractivity contribution >= 4 is 17.4 Å². The highest BCUT2D eigenvalue weighted by Crippen LogP contribution is 2.43. The zero-order valence-corrected chi connectivity index (χ0v) is 21.0. The van der Waals surface area contributed by atoms with Crippen molar-refractivity contribution in [2.45, 2.75) is 19.4 Å². The van der Waals surface area contributed by atoms with E-state index in [1.165, 1.54) is 4.90 Å². The molecule has 196 valence electrons. The standard InChI is InChI=1S/C28H31NO8/c1-4-12-35-20-9-7-18(16-22(20)34-5-2)25-24(27(31)28(32)29(25)11-6-13-33-3)26(30)19-8-10-21-23(17-19)37-15-14-36-21/h4,7-10,16-17,25,30H,1,5-6,11-15H2,2-3H3/t25-/m0/s1. The van der Waals surface area contributed by atoms with E-state index >= 15 is 0 Å². The lowest BCUT2D eigenvalue weighted by Gasteiger charge is -2.26. The molecule has 0 unspecified atom stereocenters. The van der Waals surface area contributed by atoms with Crippen LogP contribution in [0.5, 0.6) is 23.0 Å². The highest BCUT2D eigenvalue weighted by Gasteiger charge is 2.46. The molecule has 1 atom stereocenters. The summed E-state index contributed by atoms with van der Waals surface area (Å²) in [6.07, 6.45) is 2.14.